The van der Waals surface area contributed by atoms with Crippen LogP contribution in [-0.2, 0) is 14.3 Å². The number of carbonyl (C=O) groups is 3. The van der Waals surface area contributed by atoms with Crippen LogP contribution >= 0.6 is 34.5 Å². The molecule has 2 fully saturated rings. The van der Waals surface area contributed by atoms with Crippen molar-refractivity contribution in [1.29, 1.82) is 0 Å². The number of nitrogens with one attached hydrogen (secondary N) is 2. The maximum atomic E-state index is 13.5. The molecule has 2 N–H and O–H groups in total. The summed E-state index contributed by atoms with van der Waals surface area (Å²) in [6.45, 7) is 4.56. The van der Waals surface area contributed by atoms with Crippen molar-refractivity contribution in [2.45, 2.75) is 19.4 Å². The van der Waals surface area contributed by atoms with E-state index in [2.05, 4.69) is 15.3 Å². The highest BCUT2D eigenvalue weighted by molar-refractivity contribution is 7.17. The number of piperidine rings is 1. The molecule has 2 aromatic heterocycles. The van der Waals surface area contributed by atoms with E-state index in [1.807, 2.05) is 4.90 Å². The fourth-order valence-electron chi connectivity index (χ4n) is 4.14. The van der Waals surface area contributed by atoms with Gasteiger partial charge in [-0.2, -0.15) is 0 Å². The summed E-state index contributed by atoms with van der Waals surface area (Å²) in [5.74, 6) is -1.45. The molecule has 13 heteroatoms. The number of morpholine rings is 1. The number of amides is 2. The fraction of sp³-hybridized carbons (Fsp3) is 0.524. The Kier molecular flexibility index (Phi) is 7.66. The molecule has 2 aliphatic rings. The standard InChI is InChI=1S/C21H25Cl2N5O5S/c1-11-15(22)16(23)17(25-11)18(29)26-13-3-4-28(21-24-9-14(34-21)20(31)32-2)10-12(13)19(30)27-5-7-33-8-6-27/h9,12-13,25H,3-8,10H2,1-2H3,(H,26,29)/t12-,13+/m0/s1. The van der Waals surface area contributed by atoms with Crippen LogP contribution in [0.2, 0.25) is 10.0 Å². The Morgan fingerprint density at radius 1 is 1.24 bits per heavy atom. The van der Waals surface area contributed by atoms with Gasteiger partial charge in [0, 0.05) is 37.9 Å². The molecule has 0 aliphatic carbocycles. The van der Waals surface area contributed by atoms with Crippen molar-refractivity contribution in [2.24, 2.45) is 5.92 Å². The van der Waals surface area contributed by atoms with Crippen molar-refractivity contribution in [3.05, 3.63) is 32.5 Å². The van der Waals surface area contributed by atoms with Crippen LogP contribution in [0.4, 0.5) is 5.13 Å². The zero-order valence-electron chi connectivity index (χ0n) is 18.7. The Labute approximate surface area is 210 Å². The smallest absolute Gasteiger partial charge is 0.349 e. The third-order valence-corrected chi connectivity index (χ3v) is 7.99. The van der Waals surface area contributed by atoms with E-state index in [4.69, 9.17) is 32.7 Å². The monoisotopic (exact) mass is 529 g/mol. The van der Waals surface area contributed by atoms with Crippen molar-refractivity contribution in [1.82, 2.24) is 20.2 Å². The number of halogens is 2. The number of esters is 1. The van der Waals surface area contributed by atoms with E-state index in [1.54, 1.807) is 11.8 Å². The molecule has 34 heavy (non-hydrogen) atoms. The lowest BCUT2D eigenvalue weighted by atomic mass is 9.90. The normalized spacial score (nSPS) is 20.8. The lowest BCUT2D eigenvalue weighted by molar-refractivity contribution is -0.140. The number of methoxy groups -OCH3 is 1. The Morgan fingerprint density at radius 3 is 2.62 bits per heavy atom. The van der Waals surface area contributed by atoms with Crippen molar-refractivity contribution in [2.75, 3.05) is 51.4 Å². The van der Waals surface area contributed by atoms with E-state index in [0.29, 0.717) is 66.5 Å². The van der Waals surface area contributed by atoms with E-state index in [0.717, 1.165) is 0 Å². The predicted octanol–water partition coefficient (Wildman–Crippen LogP) is 2.36. The van der Waals surface area contributed by atoms with Gasteiger partial charge in [-0.05, 0) is 13.3 Å². The van der Waals surface area contributed by atoms with Crippen LogP contribution in [0.25, 0.3) is 0 Å². The molecule has 4 heterocycles. The molecule has 0 radical (unpaired) electrons. The molecule has 2 aliphatic heterocycles. The van der Waals surface area contributed by atoms with Gasteiger partial charge >= 0.3 is 5.97 Å². The van der Waals surface area contributed by atoms with Crippen LogP contribution < -0.4 is 10.2 Å². The highest BCUT2D eigenvalue weighted by Crippen LogP contribution is 2.31. The van der Waals surface area contributed by atoms with Gasteiger partial charge in [0.25, 0.3) is 5.91 Å². The Bertz CT molecular complexity index is 1080. The van der Waals surface area contributed by atoms with Crippen LogP contribution in [0.5, 0.6) is 0 Å². The number of H-pyrrole nitrogens is 1. The van der Waals surface area contributed by atoms with Crippen molar-refractivity contribution >= 4 is 57.5 Å². The van der Waals surface area contributed by atoms with Gasteiger partial charge in [0.05, 0.1) is 42.5 Å². The molecular weight excluding hydrogens is 505 g/mol. The number of anilines is 1. The minimum absolute atomic E-state index is 0.0603. The van der Waals surface area contributed by atoms with Crippen LogP contribution in [0, 0.1) is 12.8 Å². The largest absolute Gasteiger partial charge is 0.465 e. The second-order valence-electron chi connectivity index (χ2n) is 8.11. The SMILES string of the molecule is COC(=O)c1cnc(N2CC[C@@H](NC(=O)c3[nH]c(C)c(Cl)c3Cl)[C@@H](C(=O)N3CCOCC3)C2)s1. The first-order chi connectivity index (χ1) is 16.3. The van der Waals surface area contributed by atoms with Gasteiger partial charge in [-0.3, -0.25) is 9.59 Å². The highest BCUT2D eigenvalue weighted by atomic mass is 35.5. The number of carbonyl (C=O) groups excluding carboxylic acids is 3. The second kappa shape index (κ2) is 10.5. The average Bonchev–Trinajstić information content (AvgIpc) is 3.45. The minimum Gasteiger partial charge on any atom is -0.465 e. The second-order valence-corrected chi connectivity index (χ2v) is 9.88. The Balaban J connectivity index is 1.55. The van der Waals surface area contributed by atoms with E-state index < -0.39 is 23.8 Å². The summed E-state index contributed by atoms with van der Waals surface area (Å²) in [6, 6.07) is -0.419. The molecule has 0 spiro atoms. The number of aromatic amines is 1. The number of aromatic nitrogens is 2. The minimum atomic E-state index is -0.522. The van der Waals surface area contributed by atoms with E-state index in [-0.39, 0.29) is 16.6 Å². The van der Waals surface area contributed by atoms with Gasteiger partial charge in [0.15, 0.2) is 5.13 Å². The average molecular weight is 530 g/mol. The molecule has 2 saturated heterocycles. The van der Waals surface area contributed by atoms with Crippen molar-refractivity contribution < 1.29 is 23.9 Å². The summed E-state index contributed by atoms with van der Waals surface area (Å²) >= 11 is 13.6. The summed E-state index contributed by atoms with van der Waals surface area (Å²) in [7, 11) is 1.32. The third kappa shape index (κ3) is 5.02. The molecule has 0 unspecified atom stereocenters. The lowest BCUT2D eigenvalue weighted by Gasteiger charge is -2.40. The molecule has 0 saturated carbocycles. The molecule has 2 amide bonds. The maximum absolute atomic E-state index is 13.5. The van der Waals surface area contributed by atoms with Crippen LogP contribution in [0.3, 0.4) is 0 Å². The number of rotatable bonds is 5. The third-order valence-electron chi connectivity index (χ3n) is 6.00. The molecule has 0 aromatic carbocycles. The van der Waals surface area contributed by atoms with Gasteiger partial charge in [-0.15, -0.1) is 0 Å². The topological polar surface area (TPSA) is 117 Å². The van der Waals surface area contributed by atoms with Crippen LogP contribution in [0.1, 0.15) is 32.3 Å². The number of hydrogen-bond acceptors (Lipinski definition) is 8. The Morgan fingerprint density at radius 2 is 1.97 bits per heavy atom. The van der Waals surface area contributed by atoms with Crippen molar-refractivity contribution in [3.63, 3.8) is 0 Å². The molecule has 4 rings (SSSR count). The van der Waals surface area contributed by atoms with E-state index >= 15 is 0 Å². The van der Waals surface area contributed by atoms with Gasteiger partial charge in [-0.25, -0.2) is 9.78 Å². The van der Waals surface area contributed by atoms with Gasteiger partial charge in [-0.1, -0.05) is 34.5 Å². The number of nitrogens with zero attached hydrogens (tertiary/aromatic N) is 3. The number of thiazole rings is 1. The van der Waals surface area contributed by atoms with Gasteiger partial charge < -0.3 is 29.6 Å². The number of aryl methyl sites for hydroxylation is 1. The Hall–Kier alpha value is -2.34. The summed E-state index contributed by atoms with van der Waals surface area (Å²) in [6.07, 6.45) is 1.97. The zero-order valence-corrected chi connectivity index (χ0v) is 21.1. The van der Waals surface area contributed by atoms with Crippen molar-refractivity contribution in [3.8, 4) is 0 Å². The highest BCUT2D eigenvalue weighted by Gasteiger charge is 2.39. The summed E-state index contributed by atoms with van der Waals surface area (Å²) < 4.78 is 10.1. The molecule has 2 atom stereocenters. The van der Waals surface area contributed by atoms with E-state index in [9.17, 15) is 14.4 Å². The summed E-state index contributed by atoms with van der Waals surface area (Å²) in [5.41, 5.74) is 0.768. The molecule has 184 valence electrons. The number of hydrogen-bond donors (Lipinski definition) is 2. The number of ether oxygens (including phenoxy) is 2. The van der Waals surface area contributed by atoms with Crippen LogP contribution in [-0.4, -0.2) is 85.2 Å². The first kappa shape index (κ1) is 24.8. The molecule has 0 bridgehead atoms. The predicted molar refractivity (Wildman–Crippen MR) is 128 cm³/mol. The van der Waals surface area contributed by atoms with E-state index in [1.165, 1.54) is 24.6 Å². The van der Waals surface area contributed by atoms with Crippen LogP contribution in [0.15, 0.2) is 6.20 Å². The maximum Gasteiger partial charge on any atom is 0.349 e. The fourth-order valence-corrected chi connectivity index (χ4v) is 5.43. The first-order valence-corrected chi connectivity index (χ1v) is 12.4. The van der Waals surface area contributed by atoms with Gasteiger partial charge in [0.2, 0.25) is 5.91 Å². The lowest BCUT2D eigenvalue weighted by Crippen LogP contribution is -2.57. The summed E-state index contributed by atoms with van der Waals surface area (Å²) in [5, 5.41) is 4.06. The summed E-state index contributed by atoms with van der Waals surface area (Å²) in [4.78, 5) is 49.7. The quantitative estimate of drug-likeness (QED) is 0.570. The molecule has 10 nitrogen and oxygen atoms in total. The molecule has 2 aromatic rings. The zero-order chi connectivity index (χ0) is 24.4. The molecular formula is C21H25Cl2N5O5S. The first-order valence-electron chi connectivity index (χ1n) is 10.8. The van der Waals surface area contributed by atoms with Gasteiger partial charge in [0.1, 0.15) is 10.6 Å².